The van der Waals surface area contributed by atoms with Crippen LogP contribution in [0, 0.1) is 0 Å². The first-order valence-corrected chi connectivity index (χ1v) is 6.59. The van der Waals surface area contributed by atoms with Gasteiger partial charge < -0.3 is 15.4 Å². The fourth-order valence-electron chi connectivity index (χ4n) is 1.89. The van der Waals surface area contributed by atoms with Crippen molar-refractivity contribution in [3.05, 3.63) is 24.4 Å². The van der Waals surface area contributed by atoms with Crippen LogP contribution in [0.15, 0.2) is 24.4 Å². The molecule has 5 heteroatoms. The molecule has 5 nitrogen and oxygen atoms in total. The van der Waals surface area contributed by atoms with Gasteiger partial charge in [-0.05, 0) is 45.9 Å². The van der Waals surface area contributed by atoms with Gasteiger partial charge in [-0.3, -0.25) is 0 Å². The molecule has 0 aromatic carbocycles. The van der Waals surface area contributed by atoms with Gasteiger partial charge >= 0.3 is 5.97 Å². The van der Waals surface area contributed by atoms with Crippen molar-refractivity contribution in [1.29, 1.82) is 0 Å². The molecule has 1 aromatic rings. The number of hydrogen-bond donors (Lipinski definition) is 2. The van der Waals surface area contributed by atoms with Crippen molar-refractivity contribution in [3.8, 4) is 0 Å². The summed E-state index contributed by atoms with van der Waals surface area (Å²) >= 11 is 0. The van der Waals surface area contributed by atoms with Gasteiger partial charge in [0.15, 0.2) is 0 Å². The van der Waals surface area contributed by atoms with Crippen LogP contribution in [0.4, 0.5) is 5.82 Å². The average molecular weight is 263 g/mol. The molecule has 2 N–H and O–H groups in total. The summed E-state index contributed by atoms with van der Waals surface area (Å²) in [4.78, 5) is 16.4. The Kier molecular flexibility index (Phi) is 4.04. The molecule has 2 atom stereocenters. The molecule has 0 aliphatic carbocycles. The maximum atomic E-state index is 12.2. The summed E-state index contributed by atoms with van der Waals surface area (Å²) in [6.45, 7) is 6.55. The van der Waals surface area contributed by atoms with Gasteiger partial charge in [0.05, 0.1) is 0 Å². The Bertz CT molecular complexity index is 424. The highest BCUT2D eigenvalue weighted by molar-refractivity contribution is 5.80. The van der Waals surface area contributed by atoms with E-state index in [9.17, 15) is 4.79 Å². The maximum absolute atomic E-state index is 12.2. The first kappa shape index (κ1) is 13.8. The van der Waals surface area contributed by atoms with Crippen molar-refractivity contribution in [2.24, 2.45) is 0 Å². The molecular weight excluding hydrogens is 242 g/mol. The summed E-state index contributed by atoms with van der Waals surface area (Å²) in [7, 11) is 0. The molecule has 0 radical (unpaired) electrons. The third-order valence-corrected chi connectivity index (χ3v) is 2.89. The van der Waals surface area contributed by atoms with Crippen molar-refractivity contribution >= 4 is 11.8 Å². The van der Waals surface area contributed by atoms with Crippen LogP contribution in [-0.2, 0) is 9.53 Å². The lowest BCUT2D eigenvalue weighted by Gasteiger charge is -2.35. The molecule has 1 aliphatic rings. The van der Waals surface area contributed by atoms with E-state index in [1.165, 1.54) is 0 Å². The number of hydrogen-bond acceptors (Lipinski definition) is 5. The minimum atomic E-state index is -0.481. The molecule has 0 saturated carbocycles. The predicted molar refractivity (Wildman–Crippen MR) is 73.9 cm³/mol. The molecule has 2 unspecified atom stereocenters. The molecule has 1 aromatic heterocycles. The highest BCUT2D eigenvalue weighted by atomic mass is 16.6. The standard InChI is InChI=1S/C14H21N3O2/c1-14(2,3)19-13(18)12(10-7-9-15-10)17-11-6-4-5-8-16-11/h4-6,8,10,12,15H,7,9H2,1-3H3,(H,16,17). The van der Waals surface area contributed by atoms with E-state index in [2.05, 4.69) is 15.6 Å². The number of nitrogens with one attached hydrogen (secondary N) is 2. The smallest absolute Gasteiger partial charge is 0.330 e. The monoisotopic (exact) mass is 263 g/mol. The third-order valence-electron chi connectivity index (χ3n) is 2.89. The number of pyridine rings is 1. The van der Waals surface area contributed by atoms with E-state index in [1.54, 1.807) is 6.20 Å². The summed E-state index contributed by atoms with van der Waals surface area (Å²) < 4.78 is 5.46. The van der Waals surface area contributed by atoms with E-state index >= 15 is 0 Å². The molecule has 0 spiro atoms. The number of carbonyl (C=O) groups excluding carboxylic acids is 1. The minimum absolute atomic E-state index is 0.108. The Hall–Kier alpha value is -1.62. The zero-order valence-electron chi connectivity index (χ0n) is 11.6. The van der Waals surface area contributed by atoms with E-state index in [-0.39, 0.29) is 12.0 Å². The summed E-state index contributed by atoms with van der Waals surface area (Å²) in [6, 6.07) is 5.28. The minimum Gasteiger partial charge on any atom is -0.458 e. The first-order chi connectivity index (χ1) is 8.96. The van der Waals surface area contributed by atoms with Gasteiger partial charge in [0.2, 0.25) is 0 Å². The van der Waals surface area contributed by atoms with Crippen LogP contribution in [0.25, 0.3) is 0 Å². The second-order valence-corrected chi connectivity index (χ2v) is 5.72. The van der Waals surface area contributed by atoms with Crippen LogP contribution < -0.4 is 10.6 Å². The number of ether oxygens (including phenoxy) is 1. The molecule has 2 heterocycles. The van der Waals surface area contributed by atoms with E-state index in [0.717, 1.165) is 13.0 Å². The van der Waals surface area contributed by atoms with Gasteiger partial charge in [0, 0.05) is 12.2 Å². The molecule has 1 fully saturated rings. The average Bonchev–Trinajstić information content (AvgIpc) is 2.25. The Morgan fingerprint density at radius 2 is 2.26 bits per heavy atom. The second kappa shape index (κ2) is 5.57. The lowest BCUT2D eigenvalue weighted by Crippen LogP contribution is -2.57. The van der Waals surface area contributed by atoms with Crippen LogP contribution >= 0.6 is 0 Å². The third kappa shape index (κ3) is 3.92. The number of aromatic nitrogens is 1. The van der Waals surface area contributed by atoms with Gasteiger partial charge in [0.1, 0.15) is 17.5 Å². The molecule has 104 valence electrons. The van der Waals surface area contributed by atoms with Gasteiger partial charge in [-0.1, -0.05) is 6.07 Å². The van der Waals surface area contributed by atoms with Crippen LogP contribution in [0.2, 0.25) is 0 Å². The van der Waals surface area contributed by atoms with Crippen LogP contribution in [-0.4, -0.2) is 35.2 Å². The Morgan fingerprint density at radius 1 is 1.53 bits per heavy atom. The Labute approximate surface area is 113 Å². The molecule has 1 saturated heterocycles. The van der Waals surface area contributed by atoms with Gasteiger partial charge in [-0.25, -0.2) is 9.78 Å². The maximum Gasteiger partial charge on any atom is 0.330 e. The van der Waals surface area contributed by atoms with Crippen molar-refractivity contribution in [1.82, 2.24) is 10.3 Å². The fourth-order valence-corrected chi connectivity index (χ4v) is 1.89. The zero-order chi connectivity index (χ0) is 13.9. The summed E-state index contributed by atoms with van der Waals surface area (Å²) in [5.41, 5.74) is -0.481. The zero-order valence-corrected chi connectivity index (χ0v) is 11.6. The number of esters is 1. The van der Waals surface area contributed by atoms with Crippen molar-refractivity contribution < 1.29 is 9.53 Å². The van der Waals surface area contributed by atoms with E-state index < -0.39 is 11.6 Å². The molecule has 19 heavy (non-hydrogen) atoms. The van der Waals surface area contributed by atoms with Crippen molar-refractivity contribution in [2.45, 2.75) is 44.9 Å². The summed E-state index contributed by atoms with van der Waals surface area (Å²) in [5.74, 6) is 0.447. The second-order valence-electron chi connectivity index (χ2n) is 5.72. The predicted octanol–water partition coefficient (Wildman–Crippen LogP) is 1.57. The molecule has 0 bridgehead atoms. The molecule has 0 amide bonds. The van der Waals surface area contributed by atoms with Crippen LogP contribution in [0.1, 0.15) is 27.2 Å². The lowest BCUT2D eigenvalue weighted by atomic mass is 9.98. The Balaban J connectivity index is 2.06. The highest BCUT2D eigenvalue weighted by Gasteiger charge is 2.35. The van der Waals surface area contributed by atoms with E-state index in [4.69, 9.17) is 4.74 Å². The van der Waals surface area contributed by atoms with Crippen LogP contribution in [0.5, 0.6) is 0 Å². The van der Waals surface area contributed by atoms with E-state index in [0.29, 0.717) is 5.82 Å². The van der Waals surface area contributed by atoms with Crippen molar-refractivity contribution in [3.63, 3.8) is 0 Å². The highest BCUT2D eigenvalue weighted by Crippen LogP contribution is 2.17. The number of carbonyl (C=O) groups is 1. The van der Waals surface area contributed by atoms with Gasteiger partial charge in [-0.15, -0.1) is 0 Å². The number of nitrogens with zero attached hydrogens (tertiary/aromatic N) is 1. The van der Waals surface area contributed by atoms with Gasteiger partial charge in [-0.2, -0.15) is 0 Å². The SMILES string of the molecule is CC(C)(C)OC(=O)C(Nc1ccccn1)C1CCN1. The quantitative estimate of drug-likeness (QED) is 0.807. The largest absolute Gasteiger partial charge is 0.458 e. The topological polar surface area (TPSA) is 63.2 Å². The van der Waals surface area contributed by atoms with E-state index in [1.807, 2.05) is 39.0 Å². The molecule has 1 aliphatic heterocycles. The van der Waals surface area contributed by atoms with Gasteiger partial charge in [0.25, 0.3) is 0 Å². The molecule has 2 rings (SSSR count). The molecular formula is C14H21N3O2. The number of anilines is 1. The lowest BCUT2D eigenvalue weighted by molar-refractivity contribution is -0.157. The fraction of sp³-hybridized carbons (Fsp3) is 0.571. The van der Waals surface area contributed by atoms with Crippen molar-refractivity contribution in [2.75, 3.05) is 11.9 Å². The van der Waals surface area contributed by atoms with Crippen LogP contribution in [0.3, 0.4) is 0 Å². The number of rotatable bonds is 4. The first-order valence-electron chi connectivity index (χ1n) is 6.59. The summed E-state index contributed by atoms with van der Waals surface area (Å²) in [6.07, 6.45) is 2.66. The normalized spacial score (nSPS) is 20.3. The Morgan fingerprint density at radius 3 is 2.74 bits per heavy atom. The summed E-state index contributed by atoms with van der Waals surface area (Å²) in [5, 5.41) is 6.40.